The standard InChI is InChI=1S/C20H23NO5S/c1-13(2)27(25,26)17-11-5-14(6-12-17)18(22)21-16-9-7-15(8-10-16)20(3,4)19(23)24/h5-13H,1-4H3,(H,21,22)(H,23,24). The van der Waals surface area contributed by atoms with E-state index >= 15 is 0 Å². The number of hydrogen-bond acceptors (Lipinski definition) is 4. The van der Waals surface area contributed by atoms with E-state index < -0.39 is 26.5 Å². The van der Waals surface area contributed by atoms with Crippen molar-refractivity contribution in [2.24, 2.45) is 0 Å². The highest BCUT2D eigenvalue weighted by molar-refractivity contribution is 7.92. The third-order valence-electron chi connectivity index (χ3n) is 4.46. The second-order valence-corrected chi connectivity index (χ2v) is 9.58. The average molecular weight is 389 g/mol. The Balaban J connectivity index is 2.15. The Kier molecular flexibility index (Phi) is 5.75. The minimum Gasteiger partial charge on any atom is -0.481 e. The second kappa shape index (κ2) is 7.52. The molecule has 0 spiro atoms. The van der Waals surface area contributed by atoms with E-state index in [1.807, 2.05) is 0 Å². The molecule has 2 rings (SSSR count). The van der Waals surface area contributed by atoms with E-state index in [0.29, 0.717) is 16.8 Å². The molecule has 0 radical (unpaired) electrons. The van der Waals surface area contributed by atoms with Crippen LogP contribution in [0.4, 0.5) is 5.69 Å². The SMILES string of the molecule is CC(C)S(=O)(=O)c1ccc(C(=O)Nc2ccc(C(C)(C)C(=O)O)cc2)cc1. The Morgan fingerprint density at radius 3 is 1.93 bits per heavy atom. The van der Waals surface area contributed by atoms with Gasteiger partial charge in [0, 0.05) is 11.3 Å². The minimum atomic E-state index is -3.38. The molecule has 0 saturated carbocycles. The molecule has 27 heavy (non-hydrogen) atoms. The van der Waals surface area contributed by atoms with Gasteiger partial charge in [0.2, 0.25) is 0 Å². The van der Waals surface area contributed by atoms with E-state index in [-0.39, 0.29) is 10.8 Å². The molecule has 1 amide bonds. The van der Waals surface area contributed by atoms with Crippen molar-refractivity contribution in [1.29, 1.82) is 0 Å². The van der Waals surface area contributed by atoms with Crippen LogP contribution in [-0.2, 0) is 20.0 Å². The van der Waals surface area contributed by atoms with Crippen LogP contribution in [0.5, 0.6) is 0 Å². The van der Waals surface area contributed by atoms with Gasteiger partial charge >= 0.3 is 5.97 Å². The molecule has 0 atom stereocenters. The van der Waals surface area contributed by atoms with E-state index in [2.05, 4.69) is 5.32 Å². The summed E-state index contributed by atoms with van der Waals surface area (Å²) in [5.74, 6) is -1.32. The number of amides is 1. The highest BCUT2D eigenvalue weighted by atomic mass is 32.2. The van der Waals surface area contributed by atoms with Crippen LogP contribution in [0, 0.1) is 0 Å². The number of benzene rings is 2. The van der Waals surface area contributed by atoms with Gasteiger partial charge in [-0.3, -0.25) is 9.59 Å². The molecule has 0 bridgehead atoms. The number of anilines is 1. The van der Waals surface area contributed by atoms with Crippen molar-refractivity contribution in [1.82, 2.24) is 0 Å². The Hall–Kier alpha value is -2.67. The van der Waals surface area contributed by atoms with Crippen LogP contribution in [0.25, 0.3) is 0 Å². The van der Waals surface area contributed by atoms with E-state index in [4.69, 9.17) is 0 Å². The topological polar surface area (TPSA) is 101 Å². The summed E-state index contributed by atoms with van der Waals surface area (Å²) >= 11 is 0. The second-order valence-electron chi connectivity index (χ2n) is 7.08. The van der Waals surface area contributed by atoms with Gasteiger partial charge in [0.25, 0.3) is 5.91 Å². The Morgan fingerprint density at radius 2 is 1.48 bits per heavy atom. The molecule has 2 aromatic rings. The number of sulfone groups is 1. The highest BCUT2D eigenvalue weighted by Crippen LogP contribution is 2.25. The average Bonchev–Trinajstić information content (AvgIpc) is 2.62. The lowest BCUT2D eigenvalue weighted by atomic mass is 9.85. The molecular weight excluding hydrogens is 366 g/mol. The van der Waals surface area contributed by atoms with Crippen molar-refractivity contribution in [3.8, 4) is 0 Å². The van der Waals surface area contributed by atoms with Gasteiger partial charge in [-0.1, -0.05) is 12.1 Å². The van der Waals surface area contributed by atoms with Crippen LogP contribution in [0.1, 0.15) is 43.6 Å². The molecule has 144 valence electrons. The molecule has 0 unspecified atom stereocenters. The molecule has 0 aliphatic rings. The molecule has 0 aliphatic heterocycles. The Bertz CT molecular complexity index is 943. The van der Waals surface area contributed by atoms with Crippen LogP contribution in [0.3, 0.4) is 0 Å². The summed E-state index contributed by atoms with van der Waals surface area (Å²) in [6.07, 6.45) is 0. The van der Waals surface area contributed by atoms with Crippen molar-refractivity contribution < 1.29 is 23.1 Å². The maximum Gasteiger partial charge on any atom is 0.313 e. The molecule has 7 heteroatoms. The fourth-order valence-corrected chi connectivity index (χ4v) is 3.42. The largest absolute Gasteiger partial charge is 0.481 e. The van der Waals surface area contributed by atoms with Gasteiger partial charge < -0.3 is 10.4 Å². The molecule has 0 aliphatic carbocycles. The normalized spacial score (nSPS) is 12.0. The zero-order valence-corrected chi connectivity index (χ0v) is 16.5. The molecule has 0 heterocycles. The molecule has 0 fully saturated rings. The fourth-order valence-electron chi connectivity index (χ4n) is 2.37. The molecule has 0 aromatic heterocycles. The predicted octanol–water partition coefficient (Wildman–Crippen LogP) is 3.48. The van der Waals surface area contributed by atoms with Crippen molar-refractivity contribution in [2.45, 2.75) is 43.3 Å². The van der Waals surface area contributed by atoms with Crippen molar-refractivity contribution in [3.63, 3.8) is 0 Å². The van der Waals surface area contributed by atoms with Crippen molar-refractivity contribution in [2.75, 3.05) is 5.32 Å². The smallest absolute Gasteiger partial charge is 0.313 e. The summed E-state index contributed by atoms with van der Waals surface area (Å²) in [5.41, 5.74) is 0.438. The first-order valence-electron chi connectivity index (χ1n) is 8.45. The van der Waals surface area contributed by atoms with Crippen LogP contribution < -0.4 is 5.32 Å². The zero-order chi connectivity index (χ0) is 20.4. The summed E-state index contributed by atoms with van der Waals surface area (Å²) in [4.78, 5) is 23.8. The lowest BCUT2D eigenvalue weighted by molar-refractivity contribution is -0.142. The van der Waals surface area contributed by atoms with Crippen LogP contribution >= 0.6 is 0 Å². The highest BCUT2D eigenvalue weighted by Gasteiger charge is 2.29. The summed E-state index contributed by atoms with van der Waals surface area (Å²) in [6.45, 7) is 6.42. The number of carbonyl (C=O) groups is 2. The third kappa shape index (κ3) is 4.36. The van der Waals surface area contributed by atoms with Gasteiger partial charge in [0.05, 0.1) is 15.6 Å². The van der Waals surface area contributed by atoms with Gasteiger partial charge in [0.1, 0.15) is 0 Å². The number of nitrogens with one attached hydrogen (secondary N) is 1. The molecule has 2 aromatic carbocycles. The maximum atomic E-state index is 12.3. The Labute approximate surface area is 159 Å². The van der Waals surface area contributed by atoms with Gasteiger partial charge in [-0.15, -0.1) is 0 Å². The lowest BCUT2D eigenvalue weighted by Gasteiger charge is -2.19. The first-order chi connectivity index (χ1) is 12.5. The first-order valence-corrected chi connectivity index (χ1v) is 10.00. The minimum absolute atomic E-state index is 0.175. The summed E-state index contributed by atoms with van der Waals surface area (Å²) < 4.78 is 24.2. The number of carboxylic acids is 1. The maximum absolute atomic E-state index is 12.3. The molecule has 6 nitrogen and oxygen atoms in total. The van der Waals surface area contributed by atoms with Gasteiger partial charge in [-0.05, 0) is 69.7 Å². The summed E-state index contributed by atoms with van der Waals surface area (Å²) in [7, 11) is -3.38. The monoisotopic (exact) mass is 389 g/mol. The van der Waals surface area contributed by atoms with Crippen LogP contribution in [-0.4, -0.2) is 30.7 Å². The predicted molar refractivity (Wildman–Crippen MR) is 104 cm³/mol. The van der Waals surface area contributed by atoms with E-state index in [9.17, 15) is 23.1 Å². The quantitative estimate of drug-likeness (QED) is 0.788. The van der Waals surface area contributed by atoms with E-state index in [1.165, 1.54) is 24.3 Å². The van der Waals surface area contributed by atoms with Crippen LogP contribution in [0.15, 0.2) is 53.4 Å². The third-order valence-corrected chi connectivity index (χ3v) is 6.64. The Morgan fingerprint density at radius 1 is 0.963 bits per heavy atom. The number of carbonyl (C=O) groups excluding carboxylic acids is 1. The summed E-state index contributed by atoms with van der Waals surface area (Å²) in [5, 5.41) is 11.4. The summed E-state index contributed by atoms with van der Waals surface area (Å²) in [6, 6.07) is 12.3. The fraction of sp³-hybridized carbons (Fsp3) is 0.300. The van der Waals surface area contributed by atoms with Crippen molar-refractivity contribution in [3.05, 3.63) is 59.7 Å². The molecular formula is C20H23NO5S. The van der Waals surface area contributed by atoms with E-state index in [0.717, 1.165) is 0 Å². The van der Waals surface area contributed by atoms with E-state index in [1.54, 1.807) is 52.0 Å². The molecule has 2 N–H and O–H groups in total. The number of rotatable bonds is 6. The van der Waals surface area contributed by atoms with Crippen LogP contribution in [0.2, 0.25) is 0 Å². The lowest BCUT2D eigenvalue weighted by Crippen LogP contribution is -2.28. The first kappa shape index (κ1) is 20.6. The number of aliphatic carboxylic acids is 1. The van der Waals surface area contributed by atoms with Gasteiger partial charge in [-0.25, -0.2) is 8.42 Å². The number of carboxylic acid groups (broad SMARTS) is 1. The number of hydrogen-bond donors (Lipinski definition) is 2. The van der Waals surface area contributed by atoms with Gasteiger partial charge in [0.15, 0.2) is 9.84 Å². The zero-order valence-electron chi connectivity index (χ0n) is 15.7. The molecule has 0 saturated heterocycles. The van der Waals surface area contributed by atoms with Crippen molar-refractivity contribution >= 4 is 27.4 Å². The van der Waals surface area contributed by atoms with Gasteiger partial charge in [-0.2, -0.15) is 0 Å².